The molecule has 0 bridgehead atoms. The summed E-state index contributed by atoms with van der Waals surface area (Å²) in [5.74, 6) is 0. The zero-order valence-electron chi connectivity index (χ0n) is 8.79. The second-order valence-electron chi connectivity index (χ2n) is 3.24. The maximum Gasteiger partial charge on any atom is 0.0499 e. The molecule has 2 atom stereocenters. The van der Waals surface area contributed by atoms with Crippen LogP contribution in [-0.4, -0.2) is 10.5 Å². The van der Waals surface area contributed by atoms with E-state index in [4.69, 9.17) is 3.63 Å². The van der Waals surface area contributed by atoms with E-state index in [0.717, 1.165) is 11.1 Å². The highest BCUT2D eigenvalue weighted by Gasteiger charge is 2.07. The molecule has 0 aromatic heterocycles. The summed E-state index contributed by atoms with van der Waals surface area (Å²) >= 11 is 2.91. The molecule has 0 N–H and O–H groups in total. The van der Waals surface area contributed by atoms with E-state index in [0.29, 0.717) is 10.5 Å². The molecule has 0 aromatic rings. The Hall–Kier alpha value is 0.140. The third kappa shape index (κ3) is 6.24. The monoisotopic (exact) mass is 218 g/mol. The van der Waals surface area contributed by atoms with E-state index < -0.39 is 0 Å². The first-order valence-corrected chi connectivity index (χ1v) is 5.85. The Kier molecular flexibility index (Phi) is 6.64. The summed E-state index contributed by atoms with van der Waals surface area (Å²) < 4.78 is 5.39. The summed E-state index contributed by atoms with van der Waals surface area (Å²) in [5.41, 5.74) is 2.27. The topological polar surface area (TPSA) is 9.23 Å². The molecular weight excluding hydrogens is 200 g/mol. The van der Waals surface area contributed by atoms with Crippen molar-refractivity contribution < 1.29 is 3.63 Å². The van der Waals surface area contributed by atoms with Crippen LogP contribution in [0.3, 0.4) is 0 Å². The van der Waals surface area contributed by atoms with Gasteiger partial charge in [-0.2, -0.15) is 0 Å². The Morgan fingerprint density at radius 1 is 1.00 bits per heavy atom. The lowest BCUT2D eigenvalue weighted by Gasteiger charge is -2.12. The molecule has 3 heteroatoms. The molecular formula is C10H18OS2. The van der Waals surface area contributed by atoms with Crippen LogP contribution in [0.5, 0.6) is 0 Å². The van der Waals surface area contributed by atoms with Crippen molar-refractivity contribution in [3.8, 4) is 0 Å². The summed E-state index contributed by atoms with van der Waals surface area (Å²) in [6, 6.07) is 0. The standard InChI is InChI=1S/C10H18OS2/c1-7(2)9(5)12-11-13-10(6)8(3)4/h9-10H,1,3H2,2,4-6H3. The molecule has 0 aliphatic rings. The van der Waals surface area contributed by atoms with Gasteiger partial charge in [0.2, 0.25) is 0 Å². The Bertz CT molecular complexity index is 169. The van der Waals surface area contributed by atoms with Crippen molar-refractivity contribution in [1.29, 1.82) is 0 Å². The normalized spacial score (nSPS) is 15.1. The second kappa shape index (κ2) is 6.57. The van der Waals surface area contributed by atoms with Gasteiger partial charge in [-0.1, -0.05) is 24.3 Å². The highest BCUT2D eigenvalue weighted by Crippen LogP contribution is 2.28. The fourth-order valence-corrected chi connectivity index (χ4v) is 1.76. The van der Waals surface area contributed by atoms with Crippen LogP contribution >= 0.6 is 24.1 Å². The second-order valence-corrected chi connectivity index (χ2v) is 5.58. The van der Waals surface area contributed by atoms with Gasteiger partial charge in [0, 0.05) is 34.6 Å². The predicted octanol–water partition coefficient (Wildman–Crippen LogP) is 4.23. The minimum Gasteiger partial charge on any atom is -0.246 e. The van der Waals surface area contributed by atoms with Gasteiger partial charge in [0.15, 0.2) is 0 Å². The van der Waals surface area contributed by atoms with Crippen molar-refractivity contribution in [2.24, 2.45) is 0 Å². The number of hydrogen-bond donors (Lipinski definition) is 0. The molecule has 0 aliphatic heterocycles. The van der Waals surface area contributed by atoms with E-state index in [9.17, 15) is 0 Å². The summed E-state index contributed by atoms with van der Waals surface area (Å²) in [7, 11) is 0. The van der Waals surface area contributed by atoms with Crippen molar-refractivity contribution >= 4 is 24.1 Å². The average Bonchev–Trinajstić information content (AvgIpc) is 2.03. The number of hydrogen-bond acceptors (Lipinski definition) is 3. The van der Waals surface area contributed by atoms with Gasteiger partial charge in [0.25, 0.3) is 0 Å². The summed E-state index contributed by atoms with van der Waals surface area (Å²) in [6.07, 6.45) is 0. The lowest BCUT2D eigenvalue weighted by Crippen LogP contribution is -1.99. The third-order valence-corrected chi connectivity index (χ3v) is 3.77. The molecule has 0 radical (unpaired) electrons. The van der Waals surface area contributed by atoms with Crippen molar-refractivity contribution in [3.05, 3.63) is 24.3 Å². The molecule has 2 unspecified atom stereocenters. The van der Waals surface area contributed by atoms with Crippen molar-refractivity contribution in [2.45, 2.75) is 38.2 Å². The largest absolute Gasteiger partial charge is 0.246 e. The van der Waals surface area contributed by atoms with Crippen LogP contribution in [0.25, 0.3) is 0 Å². The van der Waals surface area contributed by atoms with Crippen LogP contribution in [0.4, 0.5) is 0 Å². The molecule has 0 amide bonds. The summed E-state index contributed by atoms with van der Waals surface area (Å²) in [4.78, 5) is 0. The van der Waals surface area contributed by atoms with Crippen LogP contribution in [0.2, 0.25) is 0 Å². The molecule has 0 aliphatic carbocycles. The highest BCUT2D eigenvalue weighted by molar-refractivity contribution is 8.08. The van der Waals surface area contributed by atoms with Gasteiger partial charge in [0.1, 0.15) is 0 Å². The zero-order chi connectivity index (χ0) is 10.4. The Labute approximate surface area is 90.4 Å². The van der Waals surface area contributed by atoms with E-state index in [1.807, 2.05) is 13.8 Å². The first-order valence-electron chi connectivity index (χ1n) is 4.24. The minimum absolute atomic E-state index is 0.352. The maximum atomic E-state index is 5.39. The van der Waals surface area contributed by atoms with Gasteiger partial charge in [-0.05, 0) is 27.7 Å². The Balaban J connectivity index is 3.56. The molecule has 0 aromatic carbocycles. The quantitative estimate of drug-likeness (QED) is 0.488. The molecule has 0 fully saturated rings. The van der Waals surface area contributed by atoms with E-state index >= 15 is 0 Å². The van der Waals surface area contributed by atoms with Gasteiger partial charge in [-0.3, -0.25) is 0 Å². The van der Waals surface area contributed by atoms with E-state index in [-0.39, 0.29) is 0 Å². The lowest BCUT2D eigenvalue weighted by atomic mass is 10.3. The van der Waals surface area contributed by atoms with Crippen LogP contribution in [0.1, 0.15) is 27.7 Å². The molecule has 13 heavy (non-hydrogen) atoms. The maximum absolute atomic E-state index is 5.39. The SMILES string of the molecule is C=C(C)C(C)SOSC(C)C(=C)C. The van der Waals surface area contributed by atoms with Gasteiger partial charge in [-0.25, -0.2) is 3.63 Å². The van der Waals surface area contributed by atoms with Gasteiger partial charge >= 0.3 is 0 Å². The van der Waals surface area contributed by atoms with Crippen molar-refractivity contribution in [1.82, 2.24) is 0 Å². The molecule has 76 valence electrons. The number of rotatable bonds is 6. The van der Waals surface area contributed by atoms with E-state index in [2.05, 4.69) is 27.0 Å². The fraction of sp³-hybridized carbons (Fsp3) is 0.600. The average molecular weight is 218 g/mol. The van der Waals surface area contributed by atoms with Crippen molar-refractivity contribution in [2.75, 3.05) is 0 Å². The smallest absolute Gasteiger partial charge is 0.0499 e. The third-order valence-electron chi connectivity index (χ3n) is 1.76. The van der Waals surface area contributed by atoms with Crippen LogP contribution in [0.15, 0.2) is 24.3 Å². The van der Waals surface area contributed by atoms with Crippen LogP contribution in [-0.2, 0) is 3.63 Å². The van der Waals surface area contributed by atoms with Crippen LogP contribution < -0.4 is 0 Å². The molecule has 0 heterocycles. The van der Waals surface area contributed by atoms with Gasteiger partial charge in [-0.15, -0.1) is 0 Å². The van der Waals surface area contributed by atoms with Crippen LogP contribution in [0, 0.1) is 0 Å². The zero-order valence-corrected chi connectivity index (χ0v) is 10.4. The molecule has 1 nitrogen and oxygen atoms in total. The first-order chi connectivity index (χ1) is 5.95. The predicted molar refractivity (Wildman–Crippen MR) is 64.8 cm³/mol. The molecule has 0 rings (SSSR count). The van der Waals surface area contributed by atoms with Gasteiger partial charge < -0.3 is 0 Å². The lowest BCUT2D eigenvalue weighted by molar-refractivity contribution is 0.739. The fourth-order valence-electron chi connectivity index (χ4n) is 0.305. The molecule has 0 saturated carbocycles. The van der Waals surface area contributed by atoms with E-state index in [1.165, 1.54) is 24.1 Å². The molecule has 0 spiro atoms. The molecule has 0 saturated heterocycles. The highest BCUT2D eigenvalue weighted by atomic mass is 32.2. The Morgan fingerprint density at radius 2 is 1.31 bits per heavy atom. The van der Waals surface area contributed by atoms with Gasteiger partial charge in [0.05, 0.1) is 0 Å². The summed E-state index contributed by atoms with van der Waals surface area (Å²) in [5, 5.41) is 0.703. The minimum atomic E-state index is 0.352. The van der Waals surface area contributed by atoms with E-state index in [1.54, 1.807) is 0 Å². The first kappa shape index (κ1) is 13.1. The summed E-state index contributed by atoms with van der Waals surface area (Å²) in [6.45, 7) is 15.9. The Morgan fingerprint density at radius 3 is 1.54 bits per heavy atom. The van der Waals surface area contributed by atoms with Crippen molar-refractivity contribution in [3.63, 3.8) is 0 Å².